The molecule has 0 radical (unpaired) electrons. The highest BCUT2D eigenvalue weighted by atomic mass is 35.5. The highest BCUT2D eigenvalue weighted by Gasteiger charge is 2.09. The van der Waals surface area contributed by atoms with Crippen LogP contribution in [0.15, 0.2) is 46.0 Å². The first-order chi connectivity index (χ1) is 11.5. The van der Waals surface area contributed by atoms with Crippen LogP contribution in [-0.4, -0.2) is 10.2 Å². The Morgan fingerprint density at radius 2 is 1.71 bits per heavy atom. The second kappa shape index (κ2) is 7.60. The fraction of sp³-hybridized carbons (Fsp3) is 0.222. The zero-order valence-electron chi connectivity index (χ0n) is 13.3. The molecule has 0 saturated carbocycles. The molecule has 1 aromatic heterocycles. The van der Waals surface area contributed by atoms with Crippen LogP contribution in [0.2, 0.25) is 10.0 Å². The number of nitrogens with zero attached hydrogens (tertiary/aromatic N) is 2. The largest absolute Gasteiger partial charge is 0.416 e. The van der Waals surface area contributed by atoms with Crippen LogP contribution in [0.4, 0.5) is 0 Å². The second-order valence-corrected chi connectivity index (χ2v) is 7.34. The van der Waals surface area contributed by atoms with Gasteiger partial charge in [0, 0.05) is 5.75 Å². The first-order valence-electron chi connectivity index (χ1n) is 7.46. The Bertz CT molecular complexity index is 864. The molecular formula is C18H16Cl2N2OS. The van der Waals surface area contributed by atoms with E-state index in [1.165, 1.54) is 28.5 Å². The van der Waals surface area contributed by atoms with E-state index in [9.17, 15) is 0 Å². The summed E-state index contributed by atoms with van der Waals surface area (Å²) in [4.78, 5) is 0. The zero-order valence-corrected chi connectivity index (χ0v) is 15.7. The minimum absolute atomic E-state index is 0.552. The Labute approximate surface area is 155 Å². The molecule has 0 amide bonds. The summed E-state index contributed by atoms with van der Waals surface area (Å²) in [5.74, 6) is 1.32. The molecule has 3 rings (SSSR count). The van der Waals surface area contributed by atoms with Crippen molar-refractivity contribution >= 4 is 35.0 Å². The topological polar surface area (TPSA) is 38.9 Å². The molecule has 124 valence electrons. The van der Waals surface area contributed by atoms with Gasteiger partial charge in [-0.2, -0.15) is 0 Å². The maximum atomic E-state index is 6.02. The van der Waals surface area contributed by atoms with E-state index in [4.69, 9.17) is 27.6 Å². The van der Waals surface area contributed by atoms with Crippen molar-refractivity contribution in [3.8, 4) is 0 Å². The highest BCUT2D eigenvalue weighted by Crippen LogP contribution is 2.27. The SMILES string of the molecule is Cc1ccc(Cc2nnc(SCc3ccc(Cl)c(Cl)c3)o2)cc1C. The van der Waals surface area contributed by atoms with Crippen molar-refractivity contribution in [3.63, 3.8) is 0 Å². The van der Waals surface area contributed by atoms with Gasteiger partial charge in [-0.1, -0.05) is 59.2 Å². The van der Waals surface area contributed by atoms with E-state index in [0.717, 1.165) is 5.56 Å². The summed E-state index contributed by atoms with van der Waals surface area (Å²) < 4.78 is 5.72. The predicted octanol–water partition coefficient (Wildman–Crippen LogP) is 5.88. The van der Waals surface area contributed by atoms with E-state index in [1.807, 2.05) is 12.1 Å². The van der Waals surface area contributed by atoms with Crippen LogP contribution in [0.25, 0.3) is 0 Å². The molecule has 0 aliphatic heterocycles. The molecule has 0 unspecified atom stereocenters. The summed E-state index contributed by atoms with van der Waals surface area (Å²) in [5, 5.41) is 9.88. The summed E-state index contributed by atoms with van der Waals surface area (Å²) in [6, 6.07) is 11.9. The standard InChI is InChI=1S/C18H16Cl2N2OS/c1-11-3-4-13(7-12(11)2)9-17-21-22-18(23-17)24-10-14-5-6-15(19)16(20)8-14/h3-8H,9-10H2,1-2H3. The minimum Gasteiger partial charge on any atom is -0.416 e. The van der Waals surface area contributed by atoms with Gasteiger partial charge in [0.2, 0.25) is 5.89 Å². The summed E-state index contributed by atoms with van der Waals surface area (Å²) in [6.45, 7) is 4.20. The number of aromatic nitrogens is 2. The van der Waals surface area contributed by atoms with Gasteiger partial charge < -0.3 is 4.42 Å². The quantitative estimate of drug-likeness (QED) is 0.519. The lowest BCUT2D eigenvalue weighted by atomic mass is 10.0. The lowest BCUT2D eigenvalue weighted by Gasteiger charge is -2.02. The van der Waals surface area contributed by atoms with E-state index in [2.05, 4.69) is 42.2 Å². The van der Waals surface area contributed by atoms with Crippen molar-refractivity contribution < 1.29 is 4.42 Å². The molecule has 0 saturated heterocycles. The molecule has 1 heterocycles. The van der Waals surface area contributed by atoms with Gasteiger partial charge in [0.1, 0.15) is 0 Å². The molecule has 0 N–H and O–H groups in total. The van der Waals surface area contributed by atoms with Crippen LogP contribution in [0.3, 0.4) is 0 Å². The van der Waals surface area contributed by atoms with Crippen molar-refractivity contribution in [2.75, 3.05) is 0 Å². The summed E-state index contributed by atoms with van der Waals surface area (Å²) in [5.41, 5.74) is 4.77. The zero-order chi connectivity index (χ0) is 17.1. The van der Waals surface area contributed by atoms with Crippen molar-refractivity contribution in [2.45, 2.75) is 31.2 Å². The molecular weight excluding hydrogens is 363 g/mol. The molecule has 0 bridgehead atoms. The van der Waals surface area contributed by atoms with Crippen molar-refractivity contribution in [1.82, 2.24) is 10.2 Å². The van der Waals surface area contributed by atoms with Gasteiger partial charge in [-0.05, 0) is 48.2 Å². The molecule has 3 aromatic rings. The lowest BCUT2D eigenvalue weighted by Crippen LogP contribution is -1.90. The fourth-order valence-corrected chi connectivity index (χ4v) is 3.27. The number of hydrogen-bond acceptors (Lipinski definition) is 4. The molecule has 0 atom stereocenters. The van der Waals surface area contributed by atoms with Crippen LogP contribution >= 0.6 is 35.0 Å². The van der Waals surface area contributed by atoms with Crippen LogP contribution in [0.1, 0.15) is 28.1 Å². The smallest absolute Gasteiger partial charge is 0.276 e. The van der Waals surface area contributed by atoms with Gasteiger partial charge in [-0.25, -0.2) is 0 Å². The fourth-order valence-electron chi connectivity index (χ4n) is 2.23. The molecule has 0 aliphatic rings. The van der Waals surface area contributed by atoms with Gasteiger partial charge in [0.15, 0.2) is 0 Å². The van der Waals surface area contributed by atoms with E-state index in [0.29, 0.717) is 33.3 Å². The summed E-state index contributed by atoms with van der Waals surface area (Å²) >= 11 is 13.4. The Hall–Kier alpha value is -1.49. The van der Waals surface area contributed by atoms with Gasteiger partial charge in [-0.3, -0.25) is 0 Å². The molecule has 2 aromatic carbocycles. The van der Waals surface area contributed by atoms with Crippen molar-refractivity contribution in [3.05, 3.63) is 74.6 Å². The molecule has 0 spiro atoms. The Kier molecular flexibility index (Phi) is 5.49. The highest BCUT2D eigenvalue weighted by molar-refractivity contribution is 7.98. The van der Waals surface area contributed by atoms with E-state index < -0.39 is 0 Å². The predicted molar refractivity (Wildman–Crippen MR) is 99.0 cm³/mol. The van der Waals surface area contributed by atoms with Crippen LogP contribution in [0, 0.1) is 13.8 Å². The average molecular weight is 379 g/mol. The first kappa shape index (κ1) is 17.3. The third kappa shape index (κ3) is 4.32. The monoisotopic (exact) mass is 378 g/mol. The maximum absolute atomic E-state index is 6.02. The van der Waals surface area contributed by atoms with E-state index in [1.54, 1.807) is 6.07 Å². The lowest BCUT2D eigenvalue weighted by molar-refractivity contribution is 0.420. The minimum atomic E-state index is 0.552. The van der Waals surface area contributed by atoms with E-state index >= 15 is 0 Å². The molecule has 0 aliphatic carbocycles. The Morgan fingerprint density at radius 1 is 0.917 bits per heavy atom. The van der Waals surface area contributed by atoms with Crippen LogP contribution in [0.5, 0.6) is 0 Å². The summed E-state index contributed by atoms with van der Waals surface area (Å²) in [6.07, 6.45) is 0.640. The van der Waals surface area contributed by atoms with Gasteiger partial charge >= 0.3 is 0 Å². The second-order valence-electron chi connectivity index (χ2n) is 5.59. The maximum Gasteiger partial charge on any atom is 0.276 e. The Balaban J connectivity index is 1.62. The van der Waals surface area contributed by atoms with Crippen molar-refractivity contribution in [2.24, 2.45) is 0 Å². The molecule has 24 heavy (non-hydrogen) atoms. The first-order valence-corrected chi connectivity index (χ1v) is 9.20. The number of hydrogen-bond donors (Lipinski definition) is 0. The van der Waals surface area contributed by atoms with Crippen molar-refractivity contribution in [1.29, 1.82) is 0 Å². The number of thioether (sulfide) groups is 1. The third-order valence-corrected chi connectivity index (χ3v) is 5.35. The number of halogens is 2. The van der Waals surface area contributed by atoms with E-state index in [-0.39, 0.29) is 0 Å². The number of aryl methyl sites for hydroxylation is 2. The van der Waals surface area contributed by atoms with Crippen LogP contribution < -0.4 is 0 Å². The van der Waals surface area contributed by atoms with Gasteiger partial charge in [-0.15, -0.1) is 10.2 Å². The normalized spacial score (nSPS) is 11.0. The average Bonchev–Trinajstić information content (AvgIpc) is 3.00. The molecule has 3 nitrogen and oxygen atoms in total. The molecule has 0 fully saturated rings. The third-order valence-electron chi connectivity index (χ3n) is 3.72. The van der Waals surface area contributed by atoms with Gasteiger partial charge in [0.05, 0.1) is 16.5 Å². The van der Waals surface area contributed by atoms with Gasteiger partial charge in [0.25, 0.3) is 5.22 Å². The van der Waals surface area contributed by atoms with Crippen LogP contribution in [-0.2, 0) is 12.2 Å². The Morgan fingerprint density at radius 3 is 2.46 bits per heavy atom. The number of benzene rings is 2. The number of rotatable bonds is 5. The molecule has 6 heteroatoms. The summed E-state index contributed by atoms with van der Waals surface area (Å²) in [7, 11) is 0.